The van der Waals surface area contributed by atoms with Gasteiger partial charge in [-0.3, -0.25) is 4.79 Å². The van der Waals surface area contributed by atoms with Gasteiger partial charge in [0, 0.05) is 26.0 Å². The first-order valence-corrected chi connectivity index (χ1v) is 5.46. The molecule has 0 bridgehead atoms. The summed E-state index contributed by atoms with van der Waals surface area (Å²) in [6.45, 7) is 4.68. The van der Waals surface area contributed by atoms with E-state index in [-0.39, 0.29) is 17.9 Å². The van der Waals surface area contributed by atoms with E-state index in [2.05, 4.69) is 5.32 Å². The predicted octanol–water partition coefficient (Wildman–Crippen LogP) is 1.31. The van der Waals surface area contributed by atoms with Gasteiger partial charge in [-0.15, -0.1) is 0 Å². The van der Waals surface area contributed by atoms with Gasteiger partial charge in [-0.1, -0.05) is 13.8 Å². The fourth-order valence-corrected chi connectivity index (χ4v) is 1.61. The van der Waals surface area contributed by atoms with E-state index in [0.717, 1.165) is 5.56 Å². The molecule has 0 aliphatic carbocycles. The van der Waals surface area contributed by atoms with Crippen molar-refractivity contribution in [3.05, 3.63) is 24.0 Å². The lowest BCUT2D eigenvalue weighted by Gasteiger charge is -2.19. The van der Waals surface area contributed by atoms with Crippen LogP contribution in [0.5, 0.6) is 0 Å². The number of carbonyl (C=O) groups excluding carboxylic acids is 1. The molecule has 16 heavy (non-hydrogen) atoms. The van der Waals surface area contributed by atoms with Gasteiger partial charge in [0.1, 0.15) is 6.04 Å². The molecule has 1 N–H and O–H groups in total. The van der Waals surface area contributed by atoms with E-state index in [1.807, 2.05) is 43.9 Å². The minimum absolute atomic E-state index is 0.203. The standard InChI is InChI=1S/C12H20N2O2/c1-9(2)11(12(15)16-4)13-7-10-5-6-14(3)8-10/h5-6,8-9,11,13H,7H2,1-4H3/t11-/m0/s1. The van der Waals surface area contributed by atoms with Crippen LogP contribution < -0.4 is 5.32 Å². The number of aromatic nitrogens is 1. The van der Waals surface area contributed by atoms with Crippen LogP contribution in [0.3, 0.4) is 0 Å². The van der Waals surface area contributed by atoms with E-state index < -0.39 is 0 Å². The molecule has 0 saturated heterocycles. The van der Waals surface area contributed by atoms with E-state index in [0.29, 0.717) is 6.54 Å². The highest BCUT2D eigenvalue weighted by Gasteiger charge is 2.21. The lowest BCUT2D eigenvalue weighted by Crippen LogP contribution is -2.41. The van der Waals surface area contributed by atoms with Crippen molar-refractivity contribution >= 4 is 5.97 Å². The third kappa shape index (κ3) is 3.38. The molecule has 4 heteroatoms. The Kier molecular flexibility index (Phi) is 4.55. The molecule has 0 aliphatic rings. The van der Waals surface area contributed by atoms with E-state index in [1.54, 1.807) is 0 Å². The number of aryl methyl sites for hydroxylation is 1. The third-order valence-electron chi connectivity index (χ3n) is 2.54. The Bertz CT molecular complexity index is 345. The number of esters is 1. The van der Waals surface area contributed by atoms with E-state index >= 15 is 0 Å². The van der Waals surface area contributed by atoms with Gasteiger partial charge in [-0.2, -0.15) is 0 Å². The number of nitrogens with one attached hydrogen (secondary N) is 1. The maximum Gasteiger partial charge on any atom is 0.323 e. The summed E-state index contributed by atoms with van der Waals surface area (Å²) in [5, 5.41) is 3.21. The summed E-state index contributed by atoms with van der Waals surface area (Å²) in [5.74, 6) is 0.0158. The molecular weight excluding hydrogens is 204 g/mol. The van der Waals surface area contributed by atoms with Crippen LogP contribution in [0.1, 0.15) is 19.4 Å². The Morgan fingerprint density at radius 2 is 2.25 bits per heavy atom. The molecule has 1 atom stereocenters. The summed E-state index contributed by atoms with van der Waals surface area (Å²) in [6.07, 6.45) is 4.02. The van der Waals surface area contributed by atoms with Crippen molar-refractivity contribution in [1.29, 1.82) is 0 Å². The van der Waals surface area contributed by atoms with Gasteiger partial charge in [0.2, 0.25) is 0 Å². The van der Waals surface area contributed by atoms with Crippen LogP contribution in [0.2, 0.25) is 0 Å². The van der Waals surface area contributed by atoms with Gasteiger partial charge in [0.15, 0.2) is 0 Å². The van der Waals surface area contributed by atoms with Crippen LogP contribution in [0.15, 0.2) is 18.5 Å². The maximum atomic E-state index is 11.5. The summed E-state index contributed by atoms with van der Waals surface area (Å²) in [6, 6.07) is 1.78. The lowest BCUT2D eigenvalue weighted by atomic mass is 10.0. The van der Waals surface area contributed by atoms with Gasteiger partial charge in [-0.25, -0.2) is 0 Å². The van der Waals surface area contributed by atoms with Crippen molar-refractivity contribution < 1.29 is 9.53 Å². The summed E-state index contributed by atoms with van der Waals surface area (Å²) in [7, 11) is 3.39. The van der Waals surface area contributed by atoms with Gasteiger partial charge in [-0.05, 0) is 17.5 Å². The highest BCUT2D eigenvalue weighted by Crippen LogP contribution is 2.06. The Hall–Kier alpha value is -1.29. The zero-order valence-corrected chi connectivity index (χ0v) is 10.4. The lowest BCUT2D eigenvalue weighted by molar-refractivity contribution is -0.144. The van der Waals surface area contributed by atoms with Crippen molar-refractivity contribution in [2.75, 3.05) is 7.11 Å². The second-order valence-electron chi connectivity index (χ2n) is 4.31. The first-order valence-electron chi connectivity index (χ1n) is 5.46. The normalized spacial score (nSPS) is 12.8. The van der Waals surface area contributed by atoms with Crippen LogP contribution in [0.4, 0.5) is 0 Å². The molecule has 0 radical (unpaired) electrons. The van der Waals surface area contributed by atoms with Crippen LogP contribution in [0.25, 0.3) is 0 Å². The van der Waals surface area contributed by atoms with E-state index in [4.69, 9.17) is 4.74 Å². The van der Waals surface area contributed by atoms with Crippen molar-refractivity contribution in [3.8, 4) is 0 Å². The summed E-state index contributed by atoms with van der Waals surface area (Å²) < 4.78 is 6.75. The molecule has 1 aromatic rings. The molecule has 4 nitrogen and oxygen atoms in total. The molecule has 0 unspecified atom stereocenters. The molecule has 0 amide bonds. The summed E-state index contributed by atoms with van der Waals surface area (Å²) in [5.41, 5.74) is 1.16. The molecule has 0 saturated carbocycles. The number of carbonyl (C=O) groups is 1. The topological polar surface area (TPSA) is 43.3 Å². The van der Waals surface area contributed by atoms with E-state index in [1.165, 1.54) is 7.11 Å². The highest BCUT2D eigenvalue weighted by atomic mass is 16.5. The van der Waals surface area contributed by atoms with Crippen molar-refractivity contribution in [2.45, 2.75) is 26.4 Å². The van der Waals surface area contributed by atoms with Crippen LogP contribution >= 0.6 is 0 Å². The smallest absolute Gasteiger partial charge is 0.323 e. The fraction of sp³-hybridized carbons (Fsp3) is 0.583. The summed E-state index contributed by atoms with van der Waals surface area (Å²) in [4.78, 5) is 11.5. The van der Waals surface area contributed by atoms with Crippen LogP contribution in [0, 0.1) is 5.92 Å². The zero-order chi connectivity index (χ0) is 12.1. The average molecular weight is 224 g/mol. The number of nitrogens with zero attached hydrogens (tertiary/aromatic N) is 1. The minimum Gasteiger partial charge on any atom is -0.468 e. The Labute approximate surface area is 96.6 Å². The van der Waals surface area contributed by atoms with Crippen LogP contribution in [-0.2, 0) is 23.1 Å². The van der Waals surface area contributed by atoms with Crippen molar-refractivity contribution in [3.63, 3.8) is 0 Å². The van der Waals surface area contributed by atoms with Crippen LogP contribution in [-0.4, -0.2) is 23.7 Å². The Balaban J connectivity index is 2.53. The molecule has 0 fully saturated rings. The third-order valence-corrected chi connectivity index (χ3v) is 2.54. The van der Waals surface area contributed by atoms with Gasteiger partial charge >= 0.3 is 5.97 Å². The number of rotatable bonds is 5. The van der Waals surface area contributed by atoms with Crippen molar-refractivity contribution in [2.24, 2.45) is 13.0 Å². The molecule has 0 aromatic carbocycles. The molecule has 0 aliphatic heterocycles. The Morgan fingerprint density at radius 3 is 2.69 bits per heavy atom. The first kappa shape index (κ1) is 12.8. The second-order valence-corrected chi connectivity index (χ2v) is 4.31. The predicted molar refractivity (Wildman–Crippen MR) is 62.9 cm³/mol. The number of ether oxygens (including phenoxy) is 1. The van der Waals surface area contributed by atoms with Gasteiger partial charge < -0.3 is 14.6 Å². The molecular formula is C12H20N2O2. The van der Waals surface area contributed by atoms with E-state index in [9.17, 15) is 4.79 Å². The highest BCUT2D eigenvalue weighted by molar-refractivity contribution is 5.75. The number of hydrogen-bond acceptors (Lipinski definition) is 3. The quantitative estimate of drug-likeness (QED) is 0.767. The van der Waals surface area contributed by atoms with Crippen molar-refractivity contribution in [1.82, 2.24) is 9.88 Å². The molecule has 0 spiro atoms. The van der Waals surface area contributed by atoms with Gasteiger partial charge in [0.25, 0.3) is 0 Å². The number of hydrogen-bond donors (Lipinski definition) is 1. The monoisotopic (exact) mass is 224 g/mol. The molecule has 1 rings (SSSR count). The summed E-state index contributed by atoms with van der Waals surface area (Å²) >= 11 is 0. The maximum absolute atomic E-state index is 11.5. The second kappa shape index (κ2) is 5.70. The first-order chi connectivity index (χ1) is 7.54. The average Bonchev–Trinajstić information content (AvgIpc) is 2.63. The van der Waals surface area contributed by atoms with Gasteiger partial charge in [0.05, 0.1) is 7.11 Å². The number of methoxy groups -OCH3 is 1. The fourth-order valence-electron chi connectivity index (χ4n) is 1.61. The molecule has 90 valence electrons. The largest absolute Gasteiger partial charge is 0.468 e. The SMILES string of the molecule is COC(=O)[C@@H](NCc1ccn(C)c1)C(C)C. The Morgan fingerprint density at radius 1 is 1.56 bits per heavy atom. The molecule has 1 aromatic heterocycles. The zero-order valence-electron chi connectivity index (χ0n) is 10.4. The molecule has 1 heterocycles. The minimum atomic E-state index is -0.245.